The Balaban J connectivity index is 2.91. The van der Waals surface area contributed by atoms with Crippen molar-refractivity contribution in [2.75, 3.05) is 0 Å². The smallest absolute Gasteiger partial charge is 0.0863 e. The van der Waals surface area contributed by atoms with Crippen molar-refractivity contribution in [2.24, 2.45) is 0 Å². The summed E-state index contributed by atoms with van der Waals surface area (Å²) in [6.45, 7) is 3.57. The second kappa shape index (κ2) is 2.97. The van der Waals surface area contributed by atoms with E-state index in [4.69, 9.17) is 1.37 Å². The van der Waals surface area contributed by atoms with Gasteiger partial charge in [0.1, 0.15) is 0 Å². The predicted molar refractivity (Wildman–Crippen MR) is 35.9 cm³/mol. The molecule has 2 heteroatoms. The summed E-state index contributed by atoms with van der Waals surface area (Å²) in [5, 5.41) is 7.12. The van der Waals surface area contributed by atoms with Crippen molar-refractivity contribution in [1.82, 2.24) is 10.2 Å². The fourth-order valence-corrected chi connectivity index (χ4v) is 0.556. The summed E-state index contributed by atoms with van der Waals surface area (Å²) >= 11 is 0. The molecule has 1 rings (SSSR count). The van der Waals surface area contributed by atoms with Crippen LogP contribution in [-0.2, 0) is 6.42 Å². The van der Waals surface area contributed by atoms with Crippen molar-refractivity contribution >= 4 is 0 Å². The third-order valence-electron chi connectivity index (χ3n) is 0.958. The first-order chi connectivity index (χ1) is 4.84. The van der Waals surface area contributed by atoms with E-state index in [9.17, 15) is 0 Å². The van der Waals surface area contributed by atoms with Crippen LogP contribution < -0.4 is 0 Å². The van der Waals surface area contributed by atoms with Gasteiger partial charge in [-0.2, -0.15) is 10.2 Å². The van der Waals surface area contributed by atoms with Crippen LogP contribution in [0.2, 0.25) is 0 Å². The monoisotopic (exact) mass is 121 g/mol. The van der Waals surface area contributed by atoms with E-state index in [-0.39, 0.29) is 6.17 Å². The molecule has 46 valence electrons. The van der Waals surface area contributed by atoms with Crippen LogP contribution in [0.3, 0.4) is 0 Å². The summed E-state index contributed by atoms with van der Waals surface area (Å²) < 4.78 is 7.25. The molecule has 0 spiro atoms. The van der Waals surface area contributed by atoms with Crippen molar-refractivity contribution in [3.8, 4) is 0 Å². The van der Waals surface area contributed by atoms with E-state index < -0.39 is 0 Å². The lowest BCUT2D eigenvalue weighted by atomic mass is 10.2. The van der Waals surface area contributed by atoms with Gasteiger partial charge in [0.25, 0.3) is 0 Å². The van der Waals surface area contributed by atoms with Crippen LogP contribution >= 0.6 is 0 Å². The number of aromatic nitrogens is 2. The molecule has 0 fully saturated rings. The van der Waals surface area contributed by atoms with Gasteiger partial charge in [0.05, 0.1) is 7.54 Å². The predicted octanol–water partition coefficient (Wildman–Crippen LogP) is 1.21. The Labute approximate surface area is 55.6 Å². The number of nitrogens with zero attached hydrogens (tertiary/aromatic N) is 2. The molecular formula is C7H8N2. The highest BCUT2D eigenvalue weighted by atomic mass is 15.1. The lowest BCUT2D eigenvalue weighted by Crippen LogP contribution is -1.83. The molecule has 1 aromatic heterocycles. The van der Waals surface area contributed by atoms with Crippen LogP contribution in [0.1, 0.15) is 6.93 Å². The first kappa shape index (κ1) is 4.68. The minimum Gasteiger partial charge on any atom is -0.159 e. The van der Waals surface area contributed by atoms with E-state index in [1.807, 2.05) is 0 Å². The van der Waals surface area contributed by atoms with E-state index in [1.54, 1.807) is 18.3 Å². The van der Waals surface area contributed by atoms with Crippen LogP contribution in [0, 0.1) is 0 Å². The maximum Gasteiger partial charge on any atom is 0.0863 e. The molecule has 0 atom stereocenters. The summed E-state index contributed by atoms with van der Waals surface area (Å²) in [5.74, 6) is 0. The van der Waals surface area contributed by atoms with Crippen molar-refractivity contribution in [3.05, 3.63) is 36.7 Å². The standard InChI is InChI=1S/C7H8N2/c1-2-3-7-4-5-8-9-6-7/h2,4-6H,1,3H2/i6D. The van der Waals surface area contributed by atoms with Gasteiger partial charge in [0, 0.05) is 6.20 Å². The van der Waals surface area contributed by atoms with Gasteiger partial charge in [0.2, 0.25) is 0 Å². The highest BCUT2D eigenvalue weighted by Gasteiger charge is 1.84. The van der Waals surface area contributed by atoms with Crippen LogP contribution in [0.4, 0.5) is 0 Å². The van der Waals surface area contributed by atoms with E-state index >= 15 is 0 Å². The first-order valence-corrected chi connectivity index (χ1v) is 2.72. The Hall–Kier alpha value is -1.18. The zero-order valence-electron chi connectivity index (χ0n) is 6.04. The summed E-state index contributed by atoms with van der Waals surface area (Å²) in [7, 11) is 0. The molecule has 0 saturated carbocycles. The maximum atomic E-state index is 7.25. The van der Waals surface area contributed by atoms with Gasteiger partial charge < -0.3 is 0 Å². The lowest BCUT2D eigenvalue weighted by molar-refractivity contribution is 1.00. The Morgan fingerprint density at radius 3 is 3.33 bits per heavy atom. The molecule has 0 aliphatic carbocycles. The van der Waals surface area contributed by atoms with E-state index in [0.717, 1.165) is 5.56 Å². The second-order valence-electron chi connectivity index (χ2n) is 1.66. The van der Waals surface area contributed by atoms with Crippen molar-refractivity contribution in [3.63, 3.8) is 0 Å². The van der Waals surface area contributed by atoms with E-state index in [1.165, 1.54) is 0 Å². The van der Waals surface area contributed by atoms with Crippen LogP contribution in [0.25, 0.3) is 0 Å². The average molecular weight is 121 g/mol. The fourth-order valence-electron chi connectivity index (χ4n) is 0.556. The fraction of sp³-hybridized carbons (Fsp3) is 0.143. The average Bonchev–Trinajstić information content (AvgIpc) is 1.94. The maximum absolute atomic E-state index is 7.25. The van der Waals surface area contributed by atoms with Crippen LogP contribution in [0.15, 0.2) is 31.1 Å². The Kier molecular flexibility index (Phi) is 1.54. The molecule has 1 aromatic rings. The summed E-state index contributed by atoms with van der Waals surface area (Å²) in [4.78, 5) is 0. The third kappa shape index (κ3) is 1.64. The molecule has 0 amide bonds. The molecule has 0 aliphatic heterocycles. The minimum absolute atomic E-state index is 0.238. The number of hydrogen-bond donors (Lipinski definition) is 0. The molecule has 9 heavy (non-hydrogen) atoms. The van der Waals surface area contributed by atoms with Gasteiger partial charge in [-0.1, -0.05) is 6.08 Å². The molecule has 2 nitrogen and oxygen atoms in total. The van der Waals surface area contributed by atoms with Gasteiger partial charge >= 0.3 is 0 Å². The molecule has 0 saturated heterocycles. The minimum atomic E-state index is 0.238. The summed E-state index contributed by atoms with van der Waals surface area (Å²) in [6, 6.07) is 1.77. The van der Waals surface area contributed by atoms with E-state index in [0.29, 0.717) is 6.42 Å². The molecule has 0 radical (unpaired) electrons. The summed E-state index contributed by atoms with van der Waals surface area (Å²) in [6.07, 6.45) is 4.25. The van der Waals surface area contributed by atoms with Crippen molar-refractivity contribution < 1.29 is 1.37 Å². The van der Waals surface area contributed by atoms with Gasteiger partial charge in [-0.05, 0) is 18.1 Å². The van der Waals surface area contributed by atoms with Gasteiger partial charge in [-0.15, -0.1) is 6.58 Å². The van der Waals surface area contributed by atoms with Crippen LogP contribution in [-0.4, -0.2) is 10.2 Å². The molecule has 1 heterocycles. The van der Waals surface area contributed by atoms with Crippen molar-refractivity contribution in [2.45, 2.75) is 6.42 Å². The molecule has 0 N–H and O–H groups in total. The number of hydrogen-bond acceptors (Lipinski definition) is 2. The molecule has 0 bridgehead atoms. The number of rotatable bonds is 2. The largest absolute Gasteiger partial charge is 0.159 e. The topological polar surface area (TPSA) is 25.8 Å². The molecular weight excluding hydrogens is 112 g/mol. The first-order valence-electron chi connectivity index (χ1n) is 3.22. The van der Waals surface area contributed by atoms with E-state index in [2.05, 4.69) is 16.8 Å². The van der Waals surface area contributed by atoms with Crippen molar-refractivity contribution in [1.29, 1.82) is 0 Å². The quantitative estimate of drug-likeness (QED) is 0.549. The zero-order valence-corrected chi connectivity index (χ0v) is 5.04. The Morgan fingerprint density at radius 2 is 2.67 bits per heavy atom. The third-order valence-corrected chi connectivity index (χ3v) is 0.958. The van der Waals surface area contributed by atoms with Crippen LogP contribution in [0.5, 0.6) is 0 Å². The zero-order chi connectivity index (χ0) is 7.40. The highest BCUT2D eigenvalue weighted by molar-refractivity contribution is 5.08. The normalized spacial score (nSPS) is 10.4. The molecule has 0 aromatic carbocycles. The van der Waals surface area contributed by atoms with Gasteiger partial charge in [-0.25, -0.2) is 0 Å². The second-order valence-corrected chi connectivity index (χ2v) is 1.66. The Bertz CT molecular complexity index is 235. The molecule has 0 unspecified atom stereocenters. The van der Waals surface area contributed by atoms with Gasteiger partial charge in [0.15, 0.2) is 0 Å². The van der Waals surface area contributed by atoms with Gasteiger partial charge in [-0.3, -0.25) is 0 Å². The number of allylic oxidation sites excluding steroid dienone is 1. The lowest BCUT2D eigenvalue weighted by Gasteiger charge is -1.89. The Morgan fingerprint density at radius 1 is 1.78 bits per heavy atom. The molecule has 0 aliphatic rings. The highest BCUT2D eigenvalue weighted by Crippen LogP contribution is 1.93. The SMILES string of the molecule is [2H]c1nnccc1CC=C. The summed E-state index contributed by atoms with van der Waals surface area (Å²) in [5.41, 5.74) is 0.866.